The van der Waals surface area contributed by atoms with E-state index >= 15 is 0 Å². The summed E-state index contributed by atoms with van der Waals surface area (Å²) in [5, 5.41) is 13.7. The lowest BCUT2D eigenvalue weighted by Crippen LogP contribution is -2.47. The van der Waals surface area contributed by atoms with E-state index in [1.165, 1.54) is 7.05 Å². The number of nitrogens with one attached hydrogen (secondary N) is 2. The average molecular weight is 301 g/mol. The van der Waals surface area contributed by atoms with Crippen LogP contribution in [-0.2, 0) is 19.2 Å². The Kier molecular flexibility index (Phi) is 8.03. The van der Waals surface area contributed by atoms with E-state index in [1.54, 1.807) is 6.92 Å². The monoisotopic (exact) mass is 301 g/mol. The van der Waals surface area contributed by atoms with Crippen molar-refractivity contribution in [2.24, 2.45) is 5.73 Å². The maximum absolute atomic E-state index is 11.7. The van der Waals surface area contributed by atoms with E-state index in [0.717, 1.165) is 0 Å². The van der Waals surface area contributed by atoms with Gasteiger partial charge < -0.3 is 21.5 Å². The first kappa shape index (κ1) is 18.9. The SMILES string of the molecule is CNC(=O)CCC(C)(CCC(N)=O)NC(=O)CCC(=O)O. The molecule has 0 aromatic rings. The predicted octanol–water partition coefficient (Wildman–Crippen LogP) is -0.482. The van der Waals surface area contributed by atoms with Crippen LogP contribution in [-0.4, -0.2) is 41.4 Å². The highest BCUT2D eigenvalue weighted by molar-refractivity contribution is 5.81. The second kappa shape index (κ2) is 8.93. The van der Waals surface area contributed by atoms with Crippen molar-refractivity contribution in [3.05, 3.63) is 0 Å². The lowest BCUT2D eigenvalue weighted by atomic mass is 9.89. The van der Waals surface area contributed by atoms with Gasteiger partial charge in [0, 0.05) is 31.8 Å². The van der Waals surface area contributed by atoms with Gasteiger partial charge in [-0.3, -0.25) is 19.2 Å². The molecule has 1 unspecified atom stereocenters. The molecule has 0 radical (unpaired) electrons. The summed E-state index contributed by atoms with van der Waals surface area (Å²) in [6.07, 6.45) is 0.458. The van der Waals surface area contributed by atoms with Gasteiger partial charge in [-0.05, 0) is 19.8 Å². The standard InChI is InChI=1S/C13H23N3O5/c1-13(7-5-9(14)17,8-6-10(18)15-2)16-11(19)3-4-12(20)21/h3-8H2,1-2H3,(H2,14,17)(H,15,18)(H,16,19)(H,20,21). The third-order valence-corrected chi connectivity index (χ3v) is 3.11. The molecule has 0 spiro atoms. The van der Waals surface area contributed by atoms with Gasteiger partial charge in [-0.1, -0.05) is 0 Å². The quantitative estimate of drug-likeness (QED) is 0.431. The van der Waals surface area contributed by atoms with Gasteiger partial charge in [-0.15, -0.1) is 0 Å². The molecule has 0 saturated heterocycles. The van der Waals surface area contributed by atoms with E-state index < -0.39 is 23.3 Å². The van der Waals surface area contributed by atoms with Crippen molar-refractivity contribution in [1.82, 2.24) is 10.6 Å². The molecule has 0 bridgehead atoms. The number of aliphatic carboxylic acids is 1. The van der Waals surface area contributed by atoms with Crippen molar-refractivity contribution in [3.63, 3.8) is 0 Å². The Bertz CT molecular complexity index is 411. The smallest absolute Gasteiger partial charge is 0.303 e. The van der Waals surface area contributed by atoms with Gasteiger partial charge in [-0.25, -0.2) is 0 Å². The highest BCUT2D eigenvalue weighted by Gasteiger charge is 2.27. The number of rotatable bonds is 10. The molecule has 8 heteroatoms. The second-order valence-electron chi connectivity index (χ2n) is 5.14. The van der Waals surface area contributed by atoms with Crippen molar-refractivity contribution in [2.45, 2.75) is 51.0 Å². The first-order valence-electron chi connectivity index (χ1n) is 6.70. The van der Waals surface area contributed by atoms with Crippen LogP contribution >= 0.6 is 0 Å². The van der Waals surface area contributed by atoms with Crippen molar-refractivity contribution in [3.8, 4) is 0 Å². The zero-order chi connectivity index (χ0) is 16.5. The van der Waals surface area contributed by atoms with Gasteiger partial charge in [-0.2, -0.15) is 0 Å². The van der Waals surface area contributed by atoms with Crippen LogP contribution < -0.4 is 16.4 Å². The Hall–Kier alpha value is -2.12. The summed E-state index contributed by atoms with van der Waals surface area (Å²) in [4.78, 5) is 44.4. The van der Waals surface area contributed by atoms with Gasteiger partial charge in [0.15, 0.2) is 0 Å². The number of carboxylic acids is 1. The topological polar surface area (TPSA) is 139 Å². The lowest BCUT2D eigenvalue weighted by Gasteiger charge is -2.30. The molecule has 0 aliphatic rings. The summed E-state index contributed by atoms with van der Waals surface area (Å²) in [5.41, 5.74) is 4.32. The third kappa shape index (κ3) is 9.42. The fourth-order valence-corrected chi connectivity index (χ4v) is 1.78. The van der Waals surface area contributed by atoms with E-state index in [2.05, 4.69) is 10.6 Å². The van der Waals surface area contributed by atoms with Crippen molar-refractivity contribution < 1.29 is 24.3 Å². The largest absolute Gasteiger partial charge is 0.481 e. The van der Waals surface area contributed by atoms with Gasteiger partial charge in [0.2, 0.25) is 17.7 Å². The predicted molar refractivity (Wildman–Crippen MR) is 75.1 cm³/mol. The number of carboxylic acid groups (broad SMARTS) is 1. The van der Waals surface area contributed by atoms with Crippen LogP contribution in [0.5, 0.6) is 0 Å². The number of hydrogen-bond donors (Lipinski definition) is 4. The molecule has 0 aliphatic heterocycles. The Balaban J connectivity index is 4.61. The molecule has 3 amide bonds. The second-order valence-corrected chi connectivity index (χ2v) is 5.14. The number of hydrogen-bond acceptors (Lipinski definition) is 4. The fourth-order valence-electron chi connectivity index (χ4n) is 1.78. The molecule has 8 nitrogen and oxygen atoms in total. The average Bonchev–Trinajstić information content (AvgIpc) is 2.40. The van der Waals surface area contributed by atoms with Crippen LogP contribution in [0.15, 0.2) is 0 Å². The maximum atomic E-state index is 11.7. The fraction of sp³-hybridized carbons (Fsp3) is 0.692. The van der Waals surface area contributed by atoms with E-state index in [9.17, 15) is 19.2 Å². The van der Waals surface area contributed by atoms with Gasteiger partial charge in [0.1, 0.15) is 0 Å². The zero-order valence-corrected chi connectivity index (χ0v) is 12.4. The van der Waals surface area contributed by atoms with E-state index in [-0.39, 0.29) is 38.0 Å². The molecular weight excluding hydrogens is 278 g/mol. The summed E-state index contributed by atoms with van der Waals surface area (Å²) in [6, 6.07) is 0. The van der Waals surface area contributed by atoms with Crippen LogP contribution in [0, 0.1) is 0 Å². The van der Waals surface area contributed by atoms with Crippen molar-refractivity contribution in [1.29, 1.82) is 0 Å². The van der Waals surface area contributed by atoms with Crippen LogP contribution in [0.25, 0.3) is 0 Å². The number of carbonyl (C=O) groups excluding carboxylic acids is 3. The van der Waals surface area contributed by atoms with Crippen LogP contribution in [0.4, 0.5) is 0 Å². The molecule has 120 valence electrons. The first-order chi connectivity index (χ1) is 9.68. The van der Waals surface area contributed by atoms with Gasteiger partial charge in [0.05, 0.1) is 6.42 Å². The molecule has 0 aliphatic carbocycles. The Morgan fingerprint density at radius 2 is 1.57 bits per heavy atom. The Labute approximate surface area is 123 Å². The van der Waals surface area contributed by atoms with Crippen molar-refractivity contribution >= 4 is 23.7 Å². The minimum absolute atomic E-state index is 0.0729. The van der Waals surface area contributed by atoms with Crippen LogP contribution in [0.1, 0.15) is 45.4 Å². The van der Waals surface area contributed by atoms with Crippen molar-refractivity contribution in [2.75, 3.05) is 7.05 Å². The van der Waals surface area contributed by atoms with Crippen LogP contribution in [0.2, 0.25) is 0 Å². The minimum atomic E-state index is -1.06. The molecule has 21 heavy (non-hydrogen) atoms. The Morgan fingerprint density at radius 1 is 1.00 bits per heavy atom. The summed E-state index contributed by atoms with van der Waals surface area (Å²) in [7, 11) is 1.51. The minimum Gasteiger partial charge on any atom is -0.481 e. The summed E-state index contributed by atoms with van der Waals surface area (Å²) in [5.74, 6) is -2.17. The van der Waals surface area contributed by atoms with E-state index in [1.807, 2.05) is 0 Å². The lowest BCUT2D eigenvalue weighted by molar-refractivity contribution is -0.139. The molecule has 0 rings (SSSR count). The van der Waals surface area contributed by atoms with E-state index in [4.69, 9.17) is 10.8 Å². The highest BCUT2D eigenvalue weighted by Crippen LogP contribution is 2.19. The normalized spacial score (nSPS) is 13.0. The number of primary amides is 1. The number of nitrogens with two attached hydrogens (primary N) is 1. The maximum Gasteiger partial charge on any atom is 0.303 e. The molecular formula is C13H23N3O5. The molecule has 5 N–H and O–H groups in total. The summed E-state index contributed by atoms with van der Waals surface area (Å²) in [6.45, 7) is 1.71. The Morgan fingerprint density at radius 3 is 2.05 bits per heavy atom. The number of carbonyl (C=O) groups is 4. The molecule has 0 aromatic heterocycles. The molecule has 0 fully saturated rings. The molecule has 0 aromatic carbocycles. The zero-order valence-electron chi connectivity index (χ0n) is 12.4. The van der Waals surface area contributed by atoms with Gasteiger partial charge >= 0.3 is 5.97 Å². The van der Waals surface area contributed by atoms with Crippen LogP contribution in [0.3, 0.4) is 0 Å². The van der Waals surface area contributed by atoms with Gasteiger partial charge in [0.25, 0.3) is 0 Å². The highest BCUT2D eigenvalue weighted by atomic mass is 16.4. The van der Waals surface area contributed by atoms with E-state index in [0.29, 0.717) is 6.42 Å². The molecule has 0 saturated carbocycles. The first-order valence-corrected chi connectivity index (χ1v) is 6.70. The number of amides is 3. The summed E-state index contributed by atoms with van der Waals surface area (Å²) >= 11 is 0. The summed E-state index contributed by atoms with van der Waals surface area (Å²) < 4.78 is 0. The third-order valence-electron chi connectivity index (χ3n) is 3.11. The molecule has 0 heterocycles. The molecule has 1 atom stereocenters.